The number of benzene rings is 1. The minimum atomic E-state index is -0.442. The number of aryl methyl sites for hydroxylation is 1. The van der Waals surface area contributed by atoms with Gasteiger partial charge in [0.2, 0.25) is 0 Å². The minimum Gasteiger partial charge on any atom is -0.462 e. The molecule has 2 aromatic heterocycles. The van der Waals surface area contributed by atoms with Crippen molar-refractivity contribution in [2.45, 2.75) is 18.7 Å². The van der Waals surface area contributed by atoms with E-state index in [9.17, 15) is 9.59 Å². The molecule has 0 unspecified atom stereocenters. The number of aromatic nitrogens is 2. The average Bonchev–Trinajstić information content (AvgIpc) is 2.92. The van der Waals surface area contributed by atoms with E-state index in [1.165, 1.54) is 11.3 Å². The fourth-order valence-corrected chi connectivity index (χ4v) is 3.83. The molecule has 5 nitrogen and oxygen atoms in total. The number of thioether (sulfide) groups is 1. The summed E-state index contributed by atoms with van der Waals surface area (Å²) in [6.45, 7) is 3.84. The molecule has 7 heteroatoms. The standard InChI is InChI=1S/C17H16N2O3S2/c1-4-22-17(21)14-13-12(9(2)24-14)16(20)19-15(18-13)10-5-7-11(23-3)8-6-10/h5-8H,4H2,1-3H3,(H,18,19,20). The lowest BCUT2D eigenvalue weighted by molar-refractivity contribution is 0.0534. The predicted octanol–water partition coefficient (Wildman–Crippen LogP) is 3.86. The van der Waals surface area contributed by atoms with Crippen molar-refractivity contribution in [2.75, 3.05) is 12.9 Å². The number of carbonyl (C=O) groups excluding carboxylic acids is 1. The van der Waals surface area contributed by atoms with Crippen molar-refractivity contribution in [3.8, 4) is 11.4 Å². The second kappa shape index (κ2) is 6.78. The maximum atomic E-state index is 12.5. The van der Waals surface area contributed by atoms with Crippen LogP contribution >= 0.6 is 23.1 Å². The van der Waals surface area contributed by atoms with Gasteiger partial charge < -0.3 is 9.72 Å². The monoisotopic (exact) mass is 360 g/mol. The first-order valence-corrected chi connectivity index (χ1v) is 9.44. The number of thiophene rings is 1. The summed E-state index contributed by atoms with van der Waals surface area (Å²) in [4.78, 5) is 34.2. The molecule has 0 fully saturated rings. The Bertz CT molecular complexity index is 958. The molecular weight excluding hydrogens is 344 g/mol. The van der Waals surface area contributed by atoms with E-state index in [2.05, 4.69) is 9.97 Å². The zero-order valence-corrected chi connectivity index (χ0v) is 15.1. The van der Waals surface area contributed by atoms with Crippen LogP contribution in [0, 0.1) is 6.92 Å². The lowest BCUT2D eigenvalue weighted by atomic mass is 10.2. The van der Waals surface area contributed by atoms with Gasteiger partial charge in [-0.05, 0) is 32.2 Å². The molecule has 1 N–H and O–H groups in total. The number of hydrogen-bond acceptors (Lipinski definition) is 6. The molecule has 0 saturated carbocycles. The van der Waals surface area contributed by atoms with Crippen LogP contribution in [0.25, 0.3) is 22.3 Å². The summed E-state index contributed by atoms with van der Waals surface area (Å²) in [5.74, 6) is 0.00545. The average molecular weight is 360 g/mol. The summed E-state index contributed by atoms with van der Waals surface area (Å²) in [5, 5.41) is 0.451. The molecule has 0 radical (unpaired) electrons. The van der Waals surface area contributed by atoms with Crippen molar-refractivity contribution < 1.29 is 9.53 Å². The van der Waals surface area contributed by atoms with E-state index >= 15 is 0 Å². The number of H-pyrrole nitrogens is 1. The van der Waals surface area contributed by atoms with Gasteiger partial charge in [0.25, 0.3) is 5.56 Å². The molecule has 0 amide bonds. The van der Waals surface area contributed by atoms with Crippen LogP contribution in [0.2, 0.25) is 0 Å². The Kier molecular flexibility index (Phi) is 4.73. The molecule has 0 saturated heterocycles. The minimum absolute atomic E-state index is 0.242. The van der Waals surface area contributed by atoms with Crippen LogP contribution in [-0.2, 0) is 4.74 Å². The van der Waals surface area contributed by atoms with Gasteiger partial charge in [-0.15, -0.1) is 23.1 Å². The Balaban J connectivity index is 2.18. The van der Waals surface area contributed by atoms with Crippen molar-refractivity contribution >= 4 is 40.0 Å². The molecule has 0 atom stereocenters. The van der Waals surface area contributed by atoms with E-state index in [-0.39, 0.29) is 12.2 Å². The Labute approximate surface area is 147 Å². The lowest BCUT2D eigenvalue weighted by Gasteiger charge is -2.04. The number of nitrogens with zero attached hydrogens (tertiary/aromatic N) is 1. The van der Waals surface area contributed by atoms with Crippen molar-refractivity contribution in [1.29, 1.82) is 0 Å². The maximum absolute atomic E-state index is 12.5. The number of esters is 1. The van der Waals surface area contributed by atoms with Gasteiger partial charge in [-0.2, -0.15) is 0 Å². The van der Waals surface area contributed by atoms with Crippen LogP contribution in [-0.4, -0.2) is 28.8 Å². The highest BCUT2D eigenvalue weighted by molar-refractivity contribution is 7.98. The predicted molar refractivity (Wildman–Crippen MR) is 98.2 cm³/mol. The van der Waals surface area contributed by atoms with Gasteiger partial charge in [0.15, 0.2) is 0 Å². The van der Waals surface area contributed by atoms with Gasteiger partial charge in [-0.1, -0.05) is 12.1 Å². The fourth-order valence-electron chi connectivity index (χ4n) is 2.44. The van der Waals surface area contributed by atoms with Gasteiger partial charge in [0, 0.05) is 15.3 Å². The zero-order valence-electron chi connectivity index (χ0n) is 13.5. The van der Waals surface area contributed by atoms with Crippen LogP contribution in [0.4, 0.5) is 0 Å². The maximum Gasteiger partial charge on any atom is 0.350 e. The SMILES string of the molecule is CCOC(=O)c1sc(C)c2c(=O)[nH]c(-c3ccc(SC)cc3)nc12. The number of hydrogen-bond donors (Lipinski definition) is 1. The lowest BCUT2D eigenvalue weighted by Crippen LogP contribution is -2.11. The highest BCUT2D eigenvalue weighted by Crippen LogP contribution is 2.29. The number of aromatic amines is 1. The third kappa shape index (κ3) is 2.97. The number of nitrogens with one attached hydrogen (secondary N) is 1. The van der Waals surface area contributed by atoms with Crippen LogP contribution < -0.4 is 5.56 Å². The highest BCUT2D eigenvalue weighted by atomic mass is 32.2. The molecule has 1 aromatic carbocycles. The Hall–Kier alpha value is -2.12. The molecule has 0 aliphatic rings. The zero-order chi connectivity index (χ0) is 17.3. The first kappa shape index (κ1) is 16.7. The molecule has 24 heavy (non-hydrogen) atoms. The molecule has 124 valence electrons. The normalized spacial score (nSPS) is 11.0. The highest BCUT2D eigenvalue weighted by Gasteiger charge is 2.21. The molecule has 0 aliphatic heterocycles. The third-order valence-electron chi connectivity index (χ3n) is 3.57. The molecule has 2 heterocycles. The van der Waals surface area contributed by atoms with E-state index in [0.717, 1.165) is 15.3 Å². The summed E-state index contributed by atoms with van der Waals surface area (Å²) >= 11 is 2.88. The van der Waals surface area contributed by atoms with Gasteiger partial charge in [0.1, 0.15) is 16.2 Å². The summed E-state index contributed by atoms with van der Waals surface area (Å²) in [6, 6.07) is 7.74. The van der Waals surface area contributed by atoms with Crippen molar-refractivity contribution in [1.82, 2.24) is 9.97 Å². The topological polar surface area (TPSA) is 72.1 Å². The molecule has 0 aliphatic carbocycles. The molecular formula is C17H16N2O3S2. The molecule has 3 aromatic rings. The number of carbonyl (C=O) groups is 1. The summed E-state index contributed by atoms with van der Waals surface area (Å²) < 4.78 is 5.08. The fraction of sp³-hybridized carbons (Fsp3) is 0.235. The third-order valence-corrected chi connectivity index (χ3v) is 5.38. The molecule has 0 bridgehead atoms. The largest absolute Gasteiger partial charge is 0.462 e. The van der Waals surface area contributed by atoms with Crippen LogP contribution in [0.15, 0.2) is 34.0 Å². The van der Waals surface area contributed by atoms with E-state index in [4.69, 9.17) is 4.74 Å². The molecule has 3 rings (SSSR count). The van der Waals surface area contributed by atoms with Crippen molar-refractivity contribution in [2.24, 2.45) is 0 Å². The number of fused-ring (bicyclic) bond motifs is 1. The first-order chi connectivity index (χ1) is 11.5. The van der Waals surface area contributed by atoms with Crippen molar-refractivity contribution in [3.63, 3.8) is 0 Å². The Morgan fingerprint density at radius 1 is 1.33 bits per heavy atom. The number of ether oxygens (including phenoxy) is 1. The quantitative estimate of drug-likeness (QED) is 0.565. The summed E-state index contributed by atoms with van der Waals surface area (Å²) in [7, 11) is 0. The van der Waals surface area contributed by atoms with Crippen molar-refractivity contribution in [3.05, 3.63) is 44.4 Å². The van der Waals surface area contributed by atoms with Gasteiger partial charge in [0.05, 0.1) is 12.0 Å². The van der Waals surface area contributed by atoms with Crippen LogP contribution in [0.3, 0.4) is 0 Å². The smallest absolute Gasteiger partial charge is 0.350 e. The van der Waals surface area contributed by atoms with Gasteiger partial charge in [-0.25, -0.2) is 9.78 Å². The first-order valence-electron chi connectivity index (χ1n) is 7.40. The van der Waals surface area contributed by atoms with Gasteiger partial charge >= 0.3 is 5.97 Å². The van der Waals surface area contributed by atoms with Crippen LogP contribution in [0.1, 0.15) is 21.5 Å². The Morgan fingerprint density at radius 3 is 2.67 bits per heavy atom. The van der Waals surface area contributed by atoms with Gasteiger partial charge in [-0.3, -0.25) is 4.79 Å². The summed E-state index contributed by atoms with van der Waals surface area (Å²) in [5.41, 5.74) is 0.961. The van der Waals surface area contributed by atoms with E-state index in [0.29, 0.717) is 21.6 Å². The van der Waals surface area contributed by atoms with E-state index in [1.807, 2.05) is 30.5 Å². The molecule has 0 spiro atoms. The van der Waals surface area contributed by atoms with E-state index < -0.39 is 5.97 Å². The second-order valence-electron chi connectivity index (χ2n) is 5.07. The second-order valence-corrected chi connectivity index (χ2v) is 7.18. The number of rotatable bonds is 4. The van der Waals surface area contributed by atoms with E-state index in [1.54, 1.807) is 25.6 Å². The summed E-state index contributed by atoms with van der Waals surface area (Å²) in [6.07, 6.45) is 2.00. The Morgan fingerprint density at radius 2 is 2.04 bits per heavy atom. The van der Waals surface area contributed by atoms with Crippen LogP contribution in [0.5, 0.6) is 0 Å².